The van der Waals surface area contributed by atoms with Crippen LogP contribution in [0.3, 0.4) is 0 Å². The van der Waals surface area contributed by atoms with Gasteiger partial charge in [-0.15, -0.1) is 0 Å². The second kappa shape index (κ2) is 3.52. The van der Waals surface area contributed by atoms with E-state index in [1.54, 1.807) is 6.92 Å². The van der Waals surface area contributed by atoms with Crippen molar-refractivity contribution in [3.05, 3.63) is 34.9 Å². The molecule has 1 nitrogen and oxygen atoms in total. The molecule has 0 amide bonds. The average molecular weight is 225 g/mol. The van der Waals surface area contributed by atoms with Crippen LogP contribution in [0, 0.1) is 29.9 Å². The van der Waals surface area contributed by atoms with Crippen molar-refractivity contribution in [2.45, 2.75) is 26.7 Å². The van der Waals surface area contributed by atoms with Crippen LogP contribution < -0.4 is 5.73 Å². The third kappa shape index (κ3) is 1.54. The maximum Gasteiger partial charge on any atom is 0.127 e. The Morgan fingerprint density at radius 1 is 1.25 bits per heavy atom. The van der Waals surface area contributed by atoms with E-state index in [0.717, 1.165) is 0 Å². The Balaban J connectivity index is 2.40. The number of benzene rings is 1. The minimum Gasteiger partial charge on any atom is -0.330 e. The van der Waals surface area contributed by atoms with Gasteiger partial charge >= 0.3 is 0 Å². The molecule has 1 aliphatic carbocycles. The van der Waals surface area contributed by atoms with Gasteiger partial charge in [-0.05, 0) is 54.0 Å². The first-order valence-electron chi connectivity index (χ1n) is 5.55. The lowest BCUT2D eigenvalue weighted by Gasteiger charge is -2.06. The van der Waals surface area contributed by atoms with Crippen molar-refractivity contribution in [2.75, 3.05) is 6.54 Å². The molecule has 88 valence electrons. The second-order valence-electron chi connectivity index (χ2n) is 5.26. The van der Waals surface area contributed by atoms with Gasteiger partial charge in [0, 0.05) is 0 Å². The van der Waals surface area contributed by atoms with Gasteiger partial charge in [0.1, 0.15) is 11.6 Å². The van der Waals surface area contributed by atoms with Crippen molar-refractivity contribution in [3.8, 4) is 0 Å². The molecule has 0 saturated heterocycles. The number of aryl methyl sites for hydroxylation is 1. The third-order valence-corrected chi connectivity index (χ3v) is 3.92. The zero-order valence-corrected chi connectivity index (χ0v) is 9.85. The lowest BCUT2D eigenvalue weighted by Crippen LogP contribution is -2.05. The largest absolute Gasteiger partial charge is 0.330 e. The Bertz CT molecular complexity index is 426. The maximum absolute atomic E-state index is 13.8. The highest BCUT2D eigenvalue weighted by atomic mass is 19.1. The minimum absolute atomic E-state index is 0.0166. The molecule has 1 saturated carbocycles. The van der Waals surface area contributed by atoms with Crippen molar-refractivity contribution >= 4 is 0 Å². The van der Waals surface area contributed by atoms with E-state index in [0.29, 0.717) is 17.7 Å². The number of hydrogen-bond donors (Lipinski definition) is 1. The fourth-order valence-electron chi connectivity index (χ4n) is 2.70. The highest BCUT2D eigenvalue weighted by Gasteiger charge is 2.58. The quantitative estimate of drug-likeness (QED) is 0.822. The molecule has 1 aromatic carbocycles. The summed E-state index contributed by atoms with van der Waals surface area (Å²) < 4.78 is 27.2. The van der Waals surface area contributed by atoms with Crippen molar-refractivity contribution in [1.29, 1.82) is 0 Å². The monoisotopic (exact) mass is 225 g/mol. The van der Waals surface area contributed by atoms with Crippen LogP contribution in [0.4, 0.5) is 8.78 Å². The van der Waals surface area contributed by atoms with Crippen LogP contribution in [0.5, 0.6) is 0 Å². The Morgan fingerprint density at radius 2 is 1.88 bits per heavy atom. The lowest BCUT2D eigenvalue weighted by atomic mass is 10.0. The summed E-state index contributed by atoms with van der Waals surface area (Å²) in [7, 11) is 0. The van der Waals surface area contributed by atoms with Crippen molar-refractivity contribution < 1.29 is 8.78 Å². The minimum atomic E-state index is -0.338. The molecular formula is C13H17F2N. The highest BCUT2D eigenvalue weighted by molar-refractivity contribution is 5.35. The van der Waals surface area contributed by atoms with Crippen LogP contribution in [0.25, 0.3) is 0 Å². The smallest absolute Gasteiger partial charge is 0.127 e. The Kier molecular flexibility index (Phi) is 2.54. The number of nitrogens with two attached hydrogens (primary N) is 1. The molecule has 0 aliphatic heterocycles. The van der Waals surface area contributed by atoms with Crippen molar-refractivity contribution in [2.24, 2.45) is 17.1 Å². The van der Waals surface area contributed by atoms with Gasteiger partial charge in [-0.1, -0.05) is 13.8 Å². The fourth-order valence-corrected chi connectivity index (χ4v) is 2.70. The summed E-state index contributed by atoms with van der Waals surface area (Å²) in [6.45, 7) is 6.19. The molecule has 1 aromatic rings. The Labute approximate surface area is 94.7 Å². The fraction of sp³-hybridized carbons (Fsp3) is 0.538. The van der Waals surface area contributed by atoms with Crippen LogP contribution in [-0.4, -0.2) is 6.54 Å². The van der Waals surface area contributed by atoms with Crippen LogP contribution in [0.15, 0.2) is 12.1 Å². The molecule has 0 aromatic heterocycles. The van der Waals surface area contributed by atoms with E-state index < -0.39 is 0 Å². The molecule has 0 radical (unpaired) electrons. The zero-order valence-electron chi connectivity index (χ0n) is 9.85. The number of rotatable bonds is 2. The second-order valence-corrected chi connectivity index (χ2v) is 5.26. The number of hydrogen-bond acceptors (Lipinski definition) is 1. The van der Waals surface area contributed by atoms with Gasteiger partial charge in [0.25, 0.3) is 0 Å². The molecule has 2 rings (SSSR count). The van der Waals surface area contributed by atoms with E-state index >= 15 is 0 Å². The molecule has 2 N–H and O–H groups in total. The summed E-state index contributed by atoms with van der Waals surface area (Å²) in [6.07, 6.45) is 0. The summed E-state index contributed by atoms with van der Waals surface area (Å²) in [5, 5.41) is 0. The van der Waals surface area contributed by atoms with Crippen LogP contribution in [0.2, 0.25) is 0 Å². The SMILES string of the molecule is Cc1cc(F)c([C@@H]2[C@@H](CN)C2(C)C)cc1F. The average Bonchev–Trinajstić information content (AvgIpc) is 2.74. The van der Waals surface area contributed by atoms with E-state index in [2.05, 4.69) is 0 Å². The normalized spacial score (nSPS) is 26.9. The van der Waals surface area contributed by atoms with Gasteiger partial charge in [0.2, 0.25) is 0 Å². The van der Waals surface area contributed by atoms with Crippen LogP contribution >= 0.6 is 0 Å². The molecule has 1 aliphatic rings. The van der Waals surface area contributed by atoms with Crippen molar-refractivity contribution in [1.82, 2.24) is 0 Å². The zero-order chi connectivity index (χ0) is 12.1. The topological polar surface area (TPSA) is 26.0 Å². The van der Waals surface area contributed by atoms with Gasteiger partial charge in [0.15, 0.2) is 0 Å². The Morgan fingerprint density at radius 3 is 2.38 bits per heavy atom. The first-order chi connectivity index (χ1) is 7.39. The van der Waals surface area contributed by atoms with Gasteiger partial charge in [-0.3, -0.25) is 0 Å². The van der Waals surface area contributed by atoms with Crippen LogP contribution in [-0.2, 0) is 0 Å². The lowest BCUT2D eigenvalue weighted by molar-refractivity contribution is 0.545. The van der Waals surface area contributed by atoms with Gasteiger partial charge in [-0.25, -0.2) is 8.78 Å². The van der Waals surface area contributed by atoms with Gasteiger partial charge in [0.05, 0.1) is 0 Å². The molecule has 0 spiro atoms. The predicted molar refractivity (Wildman–Crippen MR) is 60.2 cm³/mol. The van der Waals surface area contributed by atoms with Gasteiger partial charge < -0.3 is 5.73 Å². The third-order valence-electron chi connectivity index (χ3n) is 3.92. The predicted octanol–water partition coefficient (Wildman–Crippen LogP) is 2.97. The molecule has 2 atom stereocenters. The van der Waals surface area contributed by atoms with Crippen LogP contribution in [0.1, 0.15) is 30.9 Å². The molecule has 0 heterocycles. The van der Waals surface area contributed by atoms with E-state index in [9.17, 15) is 8.78 Å². The summed E-state index contributed by atoms with van der Waals surface area (Å²) in [4.78, 5) is 0. The summed E-state index contributed by atoms with van der Waals surface area (Å²) in [6, 6.07) is 2.60. The molecular weight excluding hydrogens is 208 g/mol. The first-order valence-corrected chi connectivity index (χ1v) is 5.55. The Hall–Kier alpha value is -0.960. The highest BCUT2D eigenvalue weighted by Crippen LogP contribution is 2.64. The first kappa shape index (κ1) is 11.5. The van der Waals surface area contributed by atoms with E-state index in [1.165, 1.54) is 12.1 Å². The molecule has 0 bridgehead atoms. The summed E-state index contributed by atoms with van der Waals surface area (Å²) in [5.41, 5.74) is 6.45. The molecule has 16 heavy (non-hydrogen) atoms. The van der Waals surface area contributed by atoms with E-state index in [-0.39, 0.29) is 28.9 Å². The summed E-state index contributed by atoms with van der Waals surface area (Å²) in [5.74, 6) is -0.348. The molecule has 0 unspecified atom stereocenters. The van der Waals surface area contributed by atoms with E-state index in [1.807, 2.05) is 13.8 Å². The molecule has 3 heteroatoms. The maximum atomic E-state index is 13.8. The van der Waals surface area contributed by atoms with Gasteiger partial charge in [-0.2, -0.15) is 0 Å². The molecule has 1 fully saturated rings. The van der Waals surface area contributed by atoms with Crippen molar-refractivity contribution in [3.63, 3.8) is 0 Å². The van der Waals surface area contributed by atoms with E-state index in [4.69, 9.17) is 5.73 Å². The number of halogens is 2. The standard InChI is InChI=1S/C13H17F2N/c1-7-4-11(15)8(5-10(7)14)12-9(6-16)13(12,2)3/h4-5,9,12H,6,16H2,1-3H3/t9-,12-/m1/s1. The summed E-state index contributed by atoms with van der Waals surface area (Å²) >= 11 is 0.